The van der Waals surface area contributed by atoms with Crippen LogP contribution in [0.5, 0.6) is 5.75 Å². The van der Waals surface area contributed by atoms with Gasteiger partial charge in [-0.1, -0.05) is 6.92 Å². The van der Waals surface area contributed by atoms with Gasteiger partial charge in [0.2, 0.25) is 0 Å². The predicted octanol–water partition coefficient (Wildman–Crippen LogP) is 3.43. The standard InChI is InChI=1S/C16H17FN4OS/c1-4-10-7-18-15(23-10)8-21(2)16-11-5-14(22-3)12(17)6-13(11)19-9-20-16/h5-7,9H,4,8H2,1-3H3. The molecule has 0 bridgehead atoms. The number of anilines is 1. The van der Waals surface area contributed by atoms with Gasteiger partial charge in [0.1, 0.15) is 17.2 Å². The predicted molar refractivity (Wildman–Crippen MR) is 89.6 cm³/mol. The number of thiazole rings is 1. The number of benzene rings is 1. The van der Waals surface area contributed by atoms with Gasteiger partial charge in [-0.2, -0.15) is 0 Å². The molecule has 5 nitrogen and oxygen atoms in total. The van der Waals surface area contributed by atoms with E-state index < -0.39 is 5.82 Å². The van der Waals surface area contributed by atoms with E-state index in [0.717, 1.165) is 22.6 Å². The molecule has 0 atom stereocenters. The minimum Gasteiger partial charge on any atom is -0.494 e. The molecular weight excluding hydrogens is 315 g/mol. The fraction of sp³-hybridized carbons (Fsp3) is 0.312. The van der Waals surface area contributed by atoms with Gasteiger partial charge in [-0.3, -0.25) is 0 Å². The van der Waals surface area contributed by atoms with Crippen LogP contribution in [0.2, 0.25) is 0 Å². The number of aromatic nitrogens is 3. The fourth-order valence-electron chi connectivity index (χ4n) is 2.37. The molecule has 0 radical (unpaired) electrons. The molecule has 0 aliphatic heterocycles. The number of hydrogen-bond acceptors (Lipinski definition) is 6. The molecule has 0 fully saturated rings. The maximum Gasteiger partial charge on any atom is 0.167 e. The molecule has 120 valence electrons. The zero-order valence-corrected chi connectivity index (χ0v) is 14.0. The Labute approximate surface area is 137 Å². The maximum absolute atomic E-state index is 13.8. The quantitative estimate of drug-likeness (QED) is 0.716. The number of nitrogens with zero attached hydrogens (tertiary/aromatic N) is 4. The Balaban J connectivity index is 1.97. The van der Waals surface area contributed by atoms with E-state index in [1.807, 2.05) is 18.1 Å². The third-order valence-electron chi connectivity index (χ3n) is 3.57. The van der Waals surface area contributed by atoms with E-state index in [9.17, 15) is 4.39 Å². The van der Waals surface area contributed by atoms with E-state index in [0.29, 0.717) is 12.1 Å². The van der Waals surface area contributed by atoms with Crippen molar-refractivity contribution in [3.63, 3.8) is 0 Å². The molecule has 3 aromatic rings. The highest BCUT2D eigenvalue weighted by Crippen LogP contribution is 2.29. The molecule has 0 saturated carbocycles. The van der Waals surface area contributed by atoms with Gasteiger partial charge >= 0.3 is 0 Å². The molecular formula is C16H17FN4OS. The van der Waals surface area contributed by atoms with Gasteiger partial charge in [0.05, 0.1) is 19.2 Å². The molecule has 0 saturated heterocycles. The second-order valence-corrected chi connectivity index (χ2v) is 6.33. The molecule has 0 N–H and O–H groups in total. The first kappa shape index (κ1) is 15.6. The van der Waals surface area contributed by atoms with Crippen molar-refractivity contribution < 1.29 is 9.13 Å². The van der Waals surface area contributed by atoms with Gasteiger partial charge in [0.15, 0.2) is 11.6 Å². The molecule has 0 aliphatic carbocycles. The molecule has 0 unspecified atom stereocenters. The summed E-state index contributed by atoms with van der Waals surface area (Å²) in [6, 6.07) is 3.00. The minimum absolute atomic E-state index is 0.185. The molecule has 7 heteroatoms. The van der Waals surface area contributed by atoms with E-state index in [-0.39, 0.29) is 5.75 Å². The van der Waals surface area contributed by atoms with Crippen LogP contribution in [0, 0.1) is 5.82 Å². The zero-order valence-electron chi connectivity index (χ0n) is 13.2. The van der Waals surface area contributed by atoms with Crippen LogP contribution in [0.3, 0.4) is 0 Å². The number of methoxy groups -OCH3 is 1. The Morgan fingerprint density at radius 1 is 1.26 bits per heavy atom. The van der Waals surface area contributed by atoms with Crippen LogP contribution in [0.25, 0.3) is 10.9 Å². The number of hydrogen-bond donors (Lipinski definition) is 0. The molecule has 0 aliphatic rings. The molecule has 2 aromatic heterocycles. The van der Waals surface area contributed by atoms with Crippen LogP contribution in [-0.2, 0) is 13.0 Å². The lowest BCUT2D eigenvalue weighted by Crippen LogP contribution is -2.18. The first-order chi connectivity index (χ1) is 11.1. The first-order valence-electron chi connectivity index (χ1n) is 7.25. The summed E-state index contributed by atoms with van der Waals surface area (Å²) in [6.07, 6.45) is 4.33. The zero-order chi connectivity index (χ0) is 16.4. The summed E-state index contributed by atoms with van der Waals surface area (Å²) >= 11 is 1.69. The number of ether oxygens (including phenoxy) is 1. The van der Waals surface area contributed by atoms with Crippen LogP contribution in [0.4, 0.5) is 10.2 Å². The monoisotopic (exact) mass is 332 g/mol. The Morgan fingerprint density at radius 3 is 2.78 bits per heavy atom. The number of aryl methyl sites for hydroxylation is 1. The Morgan fingerprint density at radius 2 is 2.09 bits per heavy atom. The van der Waals surface area contributed by atoms with Crippen LogP contribution < -0.4 is 9.64 Å². The highest BCUT2D eigenvalue weighted by Gasteiger charge is 2.14. The molecule has 0 spiro atoms. The van der Waals surface area contributed by atoms with Crippen LogP contribution >= 0.6 is 11.3 Å². The van der Waals surface area contributed by atoms with Gasteiger partial charge in [-0.05, 0) is 12.5 Å². The molecule has 23 heavy (non-hydrogen) atoms. The van der Waals surface area contributed by atoms with Crippen molar-refractivity contribution >= 4 is 28.1 Å². The topological polar surface area (TPSA) is 51.1 Å². The second-order valence-electron chi connectivity index (χ2n) is 5.13. The first-order valence-corrected chi connectivity index (χ1v) is 8.07. The molecule has 0 amide bonds. The van der Waals surface area contributed by atoms with E-state index in [4.69, 9.17) is 4.74 Å². The van der Waals surface area contributed by atoms with E-state index in [2.05, 4.69) is 21.9 Å². The van der Waals surface area contributed by atoms with Gasteiger partial charge in [-0.15, -0.1) is 11.3 Å². The lowest BCUT2D eigenvalue weighted by molar-refractivity contribution is 0.387. The summed E-state index contributed by atoms with van der Waals surface area (Å²) in [5.41, 5.74) is 0.550. The highest BCUT2D eigenvalue weighted by molar-refractivity contribution is 7.11. The molecule has 1 aromatic carbocycles. The third-order valence-corrected chi connectivity index (χ3v) is 4.70. The van der Waals surface area contributed by atoms with Gasteiger partial charge in [-0.25, -0.2) is 19.3 Å². The smallest absolute Gasteiger partial charge is 0.167 e. The minimum atomic E-state index is -0.431. The summed E-state index contributed by atoms with van der Waals surface area (Å²) in [6.45, 7) is 2.75. The second kappa shape index (κ2) is 6.45. The van der Waals surface area contributed by atoms with Gasteiger partial charge in [0.25, 0.3) is 0 Å². The van der Waals surface area contributed by atoms with Crippen molar-refractivity contribution in [1.82, 2.24) is 15.0 Å². The maximum atomic E-state index is 13.8. The number of fused-ring (bicyclic) bond motifs is 1. The molecule has 3 rings (SSSR count). The largest absolute Gasteiger partial charge is 0.494 e. The van der Waals surface area contributed by atoms with Crippen molar-refractivity contribution in [2.24, 2.45) is 0 Å². The van der Waals surface area contributed by atoms with Crippen LogP contribution in [-0.4, -0.2) is 29.1 Å². The van der Waals surface area contributed by atoms with Crippen molar-refractivity contribution in [3.05, 3.63) is 40.4 Å². The molecule has 2 heterocycles. The Bertz CT molecular complexity index is 836. The Hall–Kier alpha value is -2.28. The average Bonchev–Trinajstić information content (AvgIpc) is 3.01. The van der Waals surface area contributed by atoms with Crippen molar-refractivity contribution in [2.75, 3.05) is 19.1 Å². The van der Waals surface area contributed by atoms with Gasteiger partial charge < -0.3 is 9.64 Å². The van der Waals surface area contributed by atoms with E-state index >= 15 is 0 Å². The van der Waals surface area contributed by atoms with Gasteiger partial charge in [0, 0.05) is 29.6 Å². The summed E-state index contributed by atoms with van der Waals surface area (Å²) in [5.74, 6) is 0.478. The van der Waals surface area contributed by atoms with Crippen molar-refractivity contribution in [1.29, 1.82) is 0 Å². The van der Waals surface area contributed by atoms with Crippen molar-refractivity contribution in [3.8, 4) is 5.75 Å². The summed E-state index contributed by atoms with van der Waals surface area (Å²) in [7, 11) is 3.38. The Kier molecular flexibility index (Phi) is 4.38. The average molecular weight is 332 g/mol. The lowest BCUT2D eigenvalue weighted by atomic mass is 10.2. The number of halogens is 1. The summed E-state index contributed by atoms with van der Waals surface area (Å²) in [5, 5.41) is 1.77. The lowest BCUT2D eigenvalue weighted by Gasteiger charge is -2.18. The highest BCUT2D eigenvalue weighted by atomic mass is 32.1. The van der Waals surface area contributed by atoms with Crippen LogP contribution in [0.1, 0.15) is 16.8 Å². The van der Waals surface area contributed by atoms with E-state index in [1.165, 1.54) is 24.4 Å². The summed E-state index contributed by atoms with van der Waals surface area (Å²) < 4.78 is 18.9. The van der Waals surface area contributed by atoms with Crippen LogP contribution in [0.15, 0.2) is 24.7 Å². The number of rotatable bonds is 5. The SMILES string of the molecule is CCc1cnc(CN(C)c2ncnc3cc(F)c(OC)cc23)s1. The normalized spacial score (nSPS) is 11.0. The van der Waals surface area contributed by atoms with E-state index in [1.54, 1.807) is 17.4 Å². The fourth-order valence-corrected chi connectivity index (χ4v) is 3.28. The van der Waals surface area contributed by atoms with Crippen molar-refractivity contribution in [2.45, 2.75) is 19.9 Å². The summed E-state index contributed by atoms with van der Waals surface area (Å²) in [4.78, 5) is 16.2. The third kappa shape index (κ3) is 3.10.